The number of hydrogen-bond acceptors (Lipinski definition) is 6. The molecule has 0 bridgehead atoms. The lowest BCUT2D eigenvalue weighted by atomic mass is 9.68. The molecule has 0 aliphatic heterocycles. The van der Waals surface area contributed by atoms with Gasteiger partial charge in [0, 0.05) is 34.9 Å². The van der Waals surface area contributed by atoms with Crippen LogP contribution in [0.5, 0.6) is 0 Å². The minimum atomic E-state index is -0.804. The van der Waals surface area contributed by atoms with Crippen molar-refractivity contribution in [3.05, 3.63) is 81.4 Å². The summed E-state index contributed by atoms with van der Waals surface area (Å²) in [4.78, 5) is 41.9. The molecule has 4 rings (SSSR count). The number of hydrogen-bond donors (Lipinski definition) is 2. The first-order chi connectivity index (χ1) is 18.0. The van der Waals surface area contributed by atoms with E-state index in [0.717, 1.165) is 5.56 Å². The number of nitrogens with one attached hydrogen (secondary N) is 1. The zero-order chi connectivity index (χ0) is 27.5. The lowest BCUT2D eigenvalue weighted by Crippen LogP contribution is -2.46. The fraction of sp³-hybridized carbons (Fsp3) is 0.393. The third-order valence-corrected chi connectivity index (χ3v) is 7.06. The molecule has 3 N–H and O–H groups in total. The molecule has 0 unspecified atom stereocenters. The average Bonchev–Trinajstić information content (AvgIpc) is 2.87. The first kappa shape index (κ1) is 27.3. The van der Waals surface area contributed by atoms with E-state index in [2.05, 4.69) is 15.4 Å². The third kappa shape index (κ3) is 6.22. The van der Waals surface area contributed by atoms with E-state index in [1.165, 1.54) is 10.7 Å². The van der Waals surface area contributed by atoms with Crippen LogP contribution in [0.1, 0.15) is 68.4 Å². The van der Waals surface area contributed by atoms with Gasteiger partial charge >= 0.3 is 6.09 Å². The van der Waals surface area contributed by atoms with Crippen molar-refractivity contribution < 1.29 is 14.3 Å². The Morgan fingerprint density at radius 1 is 1.18 bits per heavy atom. The number of aromatic nitrogens is 3. The Bertz CT molecular complexity index is 1380. The summed E-state index contributed by atoms with van der Waals surface area (Å²) in [5.74, 6) is -0.804. The van der Waals surface area contributed by atoms with Crippen molar-refractivity contribution in [1.29, 1.82) is 0 Å². The van der Waals surface area contributed by atoms with Gasteiger partial charge in [-0.1, -0.05) is 23.7 Å². The molecule has 1 fully saturated rings. The predicted molar refractivity (Wildman–Crippen MR) is 145 cm³/mol. The van der Waals surface area contributed by atoms with Gasteiger partial charge in [0.2, 0.25) is 0 Å². The number of rotatable bonds is 6. The second-order valence-electron chi connectivity index (χ2n) is 10.7. The highest BCUT2D eigenvalue weighted by Gasteiger charge is 2.39. The Labute approximate surface area is 226 Å². The SMILES string of the molecule is CC(C)(C)OC(=O)NCC1(c2cccc(Cl)c2)CCC(n2nc(-c3cccnc3)cc(C(N)=O)c2=O)CC1. The minimum Gasteiger partial charge on any atom is -0.444 e. The number of alkyl carbamates (subject to hydrolysis) is 1. The van der Waals surface area contributed by atoms with Crippen LogP contribution in [0.2, 0.25) is 5.02 Å². The van der Waals surface area contributed by atoms with Gasteiger partial charge in [-0.05, 0) is 82.3 Å². The van der Waals surface area contributed by atoms with Crippen molar-refractivity contribution >= 4 is 23.6 Å². The number of carbonyl (C=O) groups is 2. The molecule has 38 heavy (non-hydrogen) atoms. The quantitative estimate of drug-likeness (QED) is 0.471. The van der Waals surface area contributed by atoms with E-state index in [9.17, 15) is 14.4 Å². The highest BCUT2D eigenvalue weighted by atomic mass is 35.5. The van der Waals surface area contributed by atoms with Crippen LogP contribution in [0.4, 0.5) is 4.79 Å². The average molecular weight is 538 g/mol. The molecule has 1 aliphatic rings. The van der Waals surface area contributed by atoms with Crippen LogP contribution in [-0.4, -0.2) is 38.9 Å². The maximum Gasteiger partial charge on any atom is 0.407 e. The summed E-state index contributed by atoms with van der Waals surface area (Å²) in [5.41, 5.74) is 6.00. The van der Waals surface area contributed by atoms with Gasteiger partial charge in [-0.25, -0.2) is 9.48 Å². The molecule has 1 aliphatic carbocycles. The van der Waals surface area contributed by atoms with Crippen LogP contribution >= 0.6 is 11.6 Å². The molecule has 0 radical (unpaired) electrons. The van der Waals surface area contributed by atoms with Gasteiger partial charge in [0.05, 0.1) is 11.7 Å². The van der Waals surface area contributed by atoms with Crippen molar-refractivity contribution in [2.45, 2.75) is 63.5 Å². The van der Waals surface area contributed by atoms with Crippen LogP contribution in [0.25, 0.3) is 11.3 Å². The number of halogens is 1. The number of amides is 2. The topological polar surface area (TPSA) is 129 Å². The molecule has 10 heteroatoms. The lowest BCUT2D eigenvalue weighted by Gasteiger charge is -2.41. The smallest absolute Gasteiger partial charge is 0.407 e. The molecule has 1 saturated carbocycles. The van der Waals surface area contributed by atoms with Crippen molar-refractivity contribution in [3.63, 3.8) is 0 Å². The molecule has 2 heterocycles. The molecule has 9 nitrogen and oxygen atoms in total. The molecule has 0 spiro atoms. The zero-order valence-corrected chi connectivity index (χ0v) is 22.5. The van der Waals surface area contributed by atoms with Crippen LogP contribution in [0.15, 0.2) is 59.7 Å². The number of nitrogens with zero attached hydrogens (tertiary/aromatic N) is 3. The van der Waals surface area contributed by atoms with E-state index < -0.39 is 28.6 Å². The van der Waals surface area contributed by atoms with Gasteiger partial charge in [0.1, 0.15) is 11.2 Å². The van der Waals surface area contributed by atoms with Gasteiger partial charge in [-0.2, -0.15) is 5.10 Å². The predicted octanol–water partition coefficient (Wildman–Crippen LogP) is 4.64. The number of benzene rings is 1. The number of primary amides is 1. The van der Waals surface area contributed by atoms with E-state index in [-0.39, 0.29) is 11.6 Å². The number of nitrogens with two attached hydrogens (primary N) is 1. The maximum atomic E-state index is 13.2. The molecule has 3 aromatic rings. The monoisotopic (exact) mass is 537 g/mol. The first-order valence-corrected chi connectivity index (χ1v) is 12.9. The minimum absolute atomic E-state index is 0.114. The number of pyridine rings is 1. The van der Waals surface area contributed by atoms with Crippen molar-refractivity contribution in [3.8, 4) is 11.3 Å². The van der Waals surface area contributed by atoms with Crippen LogP contribution in [0.3, 0.4) is 0 Å². The Morgan fingerprint density at radius 2 is 1.92 bits per heavy atom. The largest absolute Gasteiger partial charge is 0.444 e. The third-order valence-electron chi connectivity index (χ3n) is 6.82. The summed E-state index contributed by atoms with van der Waals surface area (Å²) in [6.07, 6.45) is 5.23. The van der Waals surface area contributed by atoms with Crippen LogP contribution < -0.4 is 16.6 Å². The van der Waals surface area contributed by atoms with E-state index in [0.29, 0.717) is 48.5 Å². The Kier molecular flexibility index (Phi) is 7.87. The molecule has 2 amide bonds. The van der Waals surface area contributed by atoms with E-state index >= 15 is 0 Å². The summed E-state index contributed by atoms with van der Waals surface area (Å²) in [7, 11) is 0. The lowest BCUT2D eigenvalue weighted by molar-refractivity contribution is 0.0504. The van der Waals surface area contributed by atoms with Gasteiger partial charge in [-0.3, -0.25) is 14.6 Å². The van der Waals surface area contributed by atoms with E-state index in [1.807, 2.05) is 51.1 Å². The molecule has 0 atom stereocenters. The Hall–Kier alpha value is -3.72. The normalized spacial score (nSPS) is 19.5. The van der Waals surface area contributed by atoms with E-state index in [4.69, 9.17) is 22.1 Å². The first-order valence-electron chi connectivity index (χ1n) is 12.5. The Morgan fingerprint density at radius 3 is 2.53 bits per heavy atom. The molecular formula is C28H32ClN5O4. The standard InChI is InChI=1S/C28H32ClN5O4/c1-27(2,3)38-26(37)32-17-28(19-7-4-8-20(29)14-19)11-9-21(10-12-28)34-25(36)22(24(30)35)15-23(33-34)18-6-5-13-31-16-18/h4-8,13-16,21H,9-12,17H2,1-3H3,(H2,30,35)(H,32,37). The summed E-state index contributed by atoms with van der Waals surface area (Å²) in [6, 6.07) is 12.3. The van der Waals surface area contributed by atoms with Crippen molar-refractivity contribution in [2.24, 2.45) is 5.73 Å². The second kappa shape index (κ2) is 10.9. The highest BCUT2D eigenvalue weighted by Crippen LogP contribution is 2.43. The summed E-state index contributed by atoms with van der Waals surface area (Å²) < 4.78 is 6.83. The molecule has 200 valence electrons. The van der Waals surface area contributed by atoms with Gasteiger partial charge in [0.15, 0.2) is 0 Å². The molecule has 0 saturated heterocycles. The maximum absolute atomic E-state index is 13.2. The van der Waals surface area contributed by atoms with Crippen LogP contribution in [-0.2, 0) is 10.2 Å². The zero-order valence-electron chi connectivity index (χ0n) is 21.7. The fourth-order valence-electron chi connectivity index (χ4n) is 4.93. The Balaban J connectivity index is 1.64. The highest BCUT2D eigenvalue weighted by molar-refractivity contribution is 6.30. The molecule has 2 aromatic heterocycles. The second-order valence-corrected chi connectivity index (χ2v) is 11.1. The van der Waals surface area contributed by atoms with Crippen molar-refractivity contribution in [2.75, 3.05) is 6.54 Å². The van der Waals surface area contributed by atoms with Gasteiger partial charge in [0.25, 0.3) is 11.5 Å². The summed E-state index contributed by atoms with van der Waals surface area (Å²) >= 11 is 6.33. The van der Waals surface area contributed by atoms with Crippen molar-refractivity contribution in [1.82, 2.24) is 20.1 Å². The summed E-state index contributed by atoms with van der Waals surface area (Å²) in [5, 5.41) is 8.14. The molecule has 1 aromatic carbocycles. The number of ether oxygens (including phenoxy) is 1. The van der Waals surface area contributed by atoms with E-state index in [1.54, 1.807) is 18.5 Å². The van der Waals surface area contributed by atoms with Gasteiger partial charge < -0.3 is 15.8 Å². The fourth-order valence-corrected chi connectivity index (χ4v) is 5.12. The number of carbonyl (C=O) groups excluding carboxylic acids is 2. The summed E-state index contributed by atoms with van der Waals surface area (Å²) in [6.45, 7) is 5.79. The van der Waals surface area contributed by atoms with Gasteiger partial charge in [-0.15, -0.1) is 0 Å². The van der Waals surface area contributed by atoms with Crippen LogP contribution in [0, 0.1) is 0 Å². The molecular weight excluding hydrogens is 506 g/mol.